The summed E-state index contributed by atoms with van der Waals surface area (Å²) in [6.45, 7) is 6.08. The van der Waals surface area contributed by atoms with Crippen molar-refractivity contribution in [1.82, 2.24) is 4.90 Å². The number of amides is 1. The molecule has 4 nitrogen and oxygen atoms in total. The molecular formula is C13H19NO3S. The van der Waals surface area contributed by atoms with Crippen LogP contribution in [0.3, 0.4) is 0 Å². The SMILES string of the molecule is Cc1ccc(CC(=O)N(CCC(=O)O)C(C)C)s1. The van der Waals surface area contributed by atoms with E-state index in [4.69, 9.17) is 5.11 Å². The van der Waals surface area contributed by atoms with Crippen LogP contribution in [0.15, 0.2) is 12.1 Å². The fourth-order valence-corrected chi connectivity index (χ4v) is 2.60. The second-order valence-corrected chi connectivity index (χ2v) is 5.89. The van der Waals surface area contributed by atoms with Crippen LogP contribution in [0.25, 0.3) is 0 Å². The van der Waals surface area contributed by atoms with Gasteiger partial charge in [-0.05, 0) is 32.9 Å². The minimum Gasteiger partial charge on any atom is -0.481 e. The standard InChI is InChI=1S/C13H19NO3S/c1-9(2)14(7-6-13(16)17)12(15)8-11-5-4-10(3)18-11/h4-5,9H,6-8H2,1-3H3,(H,16,17). The molecule has 1 aromatic rings. The normalized spacial score (nSPS) is 10.7. The van der Waals surface area contributed by atoms with E-state index in [1.807, 2.05) is 32.9 Å². The molecule has 0 saturated carbocycles. The number of carboxylic acid groups (broad SMARTS) is 1. The first kappa shape index (κ1) is 14.7. The van der Waals surface area contributed by atoms with E-state index in [0.717, 1.165) is 4.88 Å². The average Bonchev–Trinajstić information content (AvgIpc) is 2.63. The van der Waals surface area contributed by atoms with Gasteiger partial charge in [-0.25, -0.2) is 0 Å². The molecule has 0 aromatic carbocycles. The molecule has 0 unspecified atom stereocenters. The molecule has 18 heavy (non-hydrogen) atoms. The van der Waals surface area contributed by atoms with Gasteiger partial charge in [-0.15, -0.1) is 11.3 Å². The molecule has 0 aliphatic rings. The molecule has 1 heterocycles. The number of thiophene rings is 1. The first-order chi connectivity index (χ1) is 8.40. The molecule has 0 aliphatic carbocycles. The van der Waals surface area contributed by atoms with Crippen molar-refractivity contribution in [1.29, 1.82) is 0 Å². The highest BCUT2D eigenvalue weighted by molar-refractivity contribution is 7.12. The number of aryl methyl sites for hydroxylation is 1. The Morgan fingerprint density at radius 1 is 1.39 bits per heavy atom. The Morgan fingerprint density at radius 3 is 2.50 bits per heavy atom. The summed E-state index contributed by atoms with van der Waals surface area (Å²) < 4.78 is 0. The molecule has 0 atom stereocenters. The number of hydrogen-bond acceptors (Lipinski definition) is 3. The highest BCUT2D eigenvalue weighted by atomic mass is 32.1. The number of carboxylic acids is 1. The van der Waals surface area contributed by atoms with Crippen LogP contribution in [0.5, 0.6) is 0 Å². The van der Waals surface area contributed by atoms with E-state index in [1.54, 1.807) is 16.2 Å². The second kappa shape index (κ2) is 6.54. The van der Waals surface area contributed by atoms with Crippen molar-refractivity contribution in [2.24, 2.45) is 0 Å². The minimum atomic E-state index is -0.875. The van der Waals surface area contributed by atoms with Crippen LogP contribution in [0.2, 0.25) is 0 Å². The number of aliphatic carboxylic acids is 1. The van der Waals surface area contributed by atoms with Crippen molar-refractivity contribution in [2.45, 2.75) is 39.7 Å². The number of nitrogens with zero attached hydrogens (tertiary/aromatic N) is 1. The smallest absolute Gasteiger partial charge is 0.305 e. The van der Waals surface area contributed by atoms with Crippen LogP contribution in [0, 0.1) is 6.92 Å². The van der Waals surface area contributed by atoms with Crippen molar-refractivity contribution in [3.05, 3.63) is 21.9 Å². The molecule has 0 fully saturated rings. The topological polar surface area (TPSA) is 57.6 Å². The van der Waals surface area contributed by atoms with Crippen LogP contribution in [0.4, 0.5) is 0 Å². The van der Waals surface area contributed by atoms with Crippen LogP contribution in [0.1, 0.15) is 30.0 Å². The number of carbonyl (C=O) groups excluding carboxylic acids is 1. The second-order valence-electron chi connectivity index (χ2n) is 4.51. The van der Waals surface area contributed by atoms with E-state index in [-0.39, 0.29) is 24.9 Å². The Hall–Kier alpha value is -1.36. The molecule has 1 N–H and O–H groups in total. The first-order valence-corrected chi connectivity index (χ1v) is 6.78. The van der Waals surface area contributed by atoms with E-state index >= 15 is 0 Å². The minimum absolute atomic E-state index is 0.00639. The summed E-state index contributed by atoms with van der Waals surface area (Å²) in [7, 11) is 0. The lowest BCUT2D eigenvalue weighted by Crippen LogP contribution is -2.39. The average molecular weight is 269 g/mol. The van der Waals surface area contributed by atoms with Gasteiger partial charge in [0, 0.05) is 22.3 Å². The molecule has 0 radical (unpaired) electrons. The molecule has 100 valence electrons. The Balaban J connectivity index is 2.62. The number of rotatable bonds is 6. The summed E-state index contributed by atoms with van der Waals surface area (Å²) in [4.78, 5) is 26.5. The third kappa shape index (κ3) is 4.49. The summed E-state index contributed by atoms with van der Waals surface area (Å²) in [6, 6.07) is 3.97. The zero-order chi connectivity index (χ0) is 13.7. The van der Waals surface area contributed by atoms with Gasteiger partial charge in [-0.1, -0.05) is 0 Å². The van der Waals surface area contributed by atoms with E-state index in [0.29, 0.717) is 6.42 Å². The molecule has 1 aromatic heterocycles. The zero-order valence-electron chi connectivity index (χ0n) is 11.0. The molecule has 1 rings (SSSR count). The Labute approximate surface area is 111 Å². The number of hydrogen-bond donors (Lipinski definition) is 1. The van der Waals surface area contributed by atoms with Gasteiger partial charge < -0.3 is 10.0 Å². The third-order valence-electron chi connectivity index (χ3n) is 2.63. The van der Waals surface area contributed by atoms with Gasteiger partial charge >= 0.3 is 5.97 Å². The summed E-state index contributed by atoms with van der Waals surface area (Å²) in [5.41, 5.74) is 0. The molecule has 0 bridgehead atoms. The van der Waals surface area contributed by atoms with Crippen LogP contribution >= 0.6 is 11.3 Å². The summed E-state index contributed by atoms with van der Waals surface area (Å²) in [6.07, 6.45) is 0.351. The van der Waals surface area contributed by atoms with Crippen LogP contribution in [-0.2, 0) is 16.0 Å². The van der Waals surface area contributed by atoms with E-state index < -0.39 is 5.97 Å². The van der Waals surface area contributed by atoms with Crippen molar-refractivity contribution in [3.63, 3.8) is 0 Å². The number of carbonyl (C=O) groups is 2. The zero-order valence-corrected chi connectivity index (χ0v) is 11.8. The molecular weight excluding hydrogens is 250 g/mol. The van der Waals surface area contributed by atoms with Gasteiger partial charge in [-0.2, -0.15) is 0 Å². The predicted molar refractivity (Wildman–Crippen MR) is 71.9 cm³/mol. The molecule has 5 heteroatoms. The highest BCUT2D eigenvalue weighted by Crippen LogP contribution is 2.17. The fraction of sp³-hybridized carbons (Fsp3) is 0.538. The van der Waals surface area contributed by atoms with Crippen molar-refractivity contribution in [2.75, 3.05) is 6.54 Å². The Morgan fingerprint density at radius 2 is 2.06 bits per heavy atom. The highest BCUT2D eigenvalue weighted by Gasteiger charge is 2.18. The molecule has 0 spiro atoms. The first-order valence-electron chi connectivity index (χ1n) is 5.96. The Bertz CT molecular complexity index is 426. The quantitative estimate of drug-likeness (QED) is 0.862. The predicted octanol–water partition coefficient (Wildman–Crippen LogP) is 2.31. The lowest BCUT2D eigenvalue weighted by Gasteiger charge is -2.26. The summed E-state index contributed by atoms with van der Waals surface area (Å²) in [5, 5.41) is 8.68. The summed E-state index contributed by atoms with van der Waals surface area (Å²) >= 11 is 1.61. The van der Waals surface area contributed by atoms with Crippen LogP contribution in [-0.4, -0.2) is 34.5 Å². The van der Waals surface area contributed by atoms with Crippen LogP contribution < -0.4 is 0 Å². The Kier molecular flexibility index (Phi) is 5.34. The van der Waals surface area contributed by atoms with E-state index in [2.05, 4.69) is 0 Å². The monoisotopic (exact) mass is 269 g/mol. The molecule has 0 aliphatic heterocycles. The third-order valence-corrected chi connectivity index (χ3v) is 3.63. The van der Waals surface area contributed by atoms with Gasteiger partial charge in [0.2, 0.25) is 5.91 Å². The van der Waals surface area contributed by atoms with E-state index in [1.165, 1.54) is 4.88 Å². The van der Waals surface area contributed by atoms with Crippen molar-refractivity contribution in [3.8, 4) is 0 Å². The van der Waals surface area contributed by atoms with Gasteiger partial charge in [0.25, 0.3) is 0 Å². The maximum atomic E-state index is 12.1. The largest absolute Gasteiger partial charge is 0.481 e. The van der Waals surface area contributed by atoms with Crippen molar-refractivity contribution >= 4 is 23.2 Å². The fourth-order valence-electron chi connectivity index (χ4n) is 1.72. The maximum absolute atomic E-state index is 12.1. The molecule has 0 saturated heterocycles. The van der Waals surface area contributed by atoms with Gasteiger partial charge in [0.05, 0.1) is 12.8 Å². The molecule has 1 amide bonds. The lowest BCUT2D eigenvalue weighted by atomic mass is 10.2. The van der Waals surface area contributed by atoms with Gasteiger partial charge in [-0.3, -0.25) is 9.59 Å². The lowest BCUT2D eigenvalue weighted by molar-refractivity contribution is -0.138. The van der Waals surface area contributed by atoms with Gasteiger partial charge in [0.15, 0.2) is 0 Å². The van der Waals surface area contributed by atoms with E-state index in [9.17, 15) is 9.59 Å². The maximum Gasteiger partial charge on any atom is 0.305 e. The van der Waals surface area contributed by atoms with Gasteiger partial charge in [0.1, 0.15) is 0 Å². The van der Waals surface area contributed by atoms with Crippen molar-refractivity contribution < 1.29 is 14.7 Å². The summed E-state index contributed by atoms with van der Waals surface area (Å²) in [5.74, 6) is -0.881.